The van der Waals surface area contributed by atoms with E-state index < -0.39 is 0 Å². The summed E-state index contributed by atoms with van der Waals surface area (Å²) >= 11 is 0. The summed E-state index contributed by atoms with van der Waals surface area (Å²) in [5.41, 5.74) is 2.23. The maximum Gasteiger partial charge on any atom is 0.138 e. The lowest BCUT2D eigenvalue weighted by atomic mass is 9.89. The first-order chi connectivity index (χ1) is 10.1. The third-order valence-corrected chi connectivity index (χ3v) is 5.12. The van der Waals surface area contributed by atoms with Crippen LogP contribution < -0.4 is 0 Å². The Morgan fingerprint density at radius 2 is 2.29 bits per heavy atom. The van der Waals surface area contributed by atoms with Gasteiger partial charge in [-0.1, -0.05) is 11.6 Å². The number of nitrogens with zero attached hydrogens (tertiary/aromatic N) is 2. The monoisotopic (exact) mass is 294 g/mol. The largest absolute Gasteiger partial charge is 0.384 e. The average Bonchev–Trinajstić information content (AvgIpc) is 2.98. The number of hydrogen-bond acceptors (Lipinski definition) is 5. The van der Waals surface area contributed by atoms with Crippen molar-refractivity contribution < 1.29 is 14.0 Å². The van der Waals surface area contributed by atoms with Crippen LogP contribution in [0.4, 0.5) is 0 Å². The lowest BCUT2D eigenvalue weighted by molar-refractivity contribution is -0.141. The maximum absolute atomic E-state index is 6.24. The molecule has 0 amide bonds. The maximum atomic E-state index is 6.24. The van der Waals surface area contributed by atoms with Crippen LogP contribution in [0.15, 0.2) is 4.52 Å². The number of ether oxygens (including phenoxy) is 2. The topological polar surface area (TPSA) is 47.7 Å². The van der Waals surface area contributed by atoms with Gasteiger partial charge in [-0.25, -0.2) is 0 Å². The highest BCUT2D eigenvalue weighted by Crippen LogP contribution is 2.41. The van der Waals surface area contributed by atoms with Crippen molar-refractivity contribution in [2.75, 3.05) is 33.4 Å². The Hall–Kier alpha value is -0.910. The molecule has 0 radical (unpaired) electrons. The molecule has 1 aromatic rings. The van der Waals surface area contributed by atoms with E-state index in [1.54, 1.807) is 7.11 Å². The molecule has 5 nitrogen and oxygen atoms in total. The molecule has 1 spiro atoms. The molecule has 2 fully saturated rings. The molecule has 2 atom stereocenters. The van der Waals surface area contributed by atoms with Gasteiger partial charge in [0.25, 0.3) is 0 Å². The Morgan fingerprint density at radius 1 is 1.43 bits per heavy atom. The summed E-state index contributed by atoms with van der Waals surface area (Å²) in [4.78, 5) is 2.49. The molecule has 5 heteroatoms. The van der Waals surface area contributed by atoms with E-state index in [0.29, 0.717) is 5.92 Å². The van der Waals surface area contributed by atoms with Gasteiger partial charge in [-0.2, -0.15) is 0 Å². The number of aromatic nitrogens is 1. The van der Waals surface area contributed by atoms with Crippen LogP contribution in [0.25, 0.3) is 0 Å². The second-order valence-corrected chi connectivity index (χ2v) is 6.47. The van der Waals surface area contributed by atoms with Gasteiger partial charge in [-0.05, 0) is 26.7 Å². The molecule has 0 aromatic carbocycles. The Kier molecular flexibility index (Phi) is 4.33. The van der Waals surface area contributed by atoms with Crippen LogP contribution in [0.2, 0.25) is 0 Å². The van der Waals surface area contributed by atoms with Gasteiger partial charge in [0.05, 0.1) is 24.5 Å². The van der Waals surface area contributed by atoms with E-state index in [1.807, 2.05) is 13.8 Å². The van der Waals surface area contributed by atoms with E-state index in [9.17, 15) is 0 Å². The highest BCUT2D eigenvalue weighted by Gasteiger charge is 2.46. The van der Waals surface area contributed by atoms with E-state index in [-0.39, 0.29) is 5.60 Å². The fraction of sp³-hybridized carbons (Fsp3) is 0.812. The van der Waals surface area contributed by atoms with Crippen molar-refractivity contribution in [3.8, 4) is 0 Å². The smallest absolute Gasteiger partial charge is 0.138 e. The summed E-state index contributed by atoms with van der Waals surface area (Å²) in [6, 6.07) is 0. The Morgan fingerprint density at radius 3 is 3.00 bits per heavy atom. The van der Waals surface area contributed by atoms with Crippen molar-refractivity contribution in [2.24, 2.45) is 5.92 Å². The van der Waals surface area contributed by atoms with Crippen LogP contribution in [-0.4, -0.2) is 49.1 Å². The lowest BCUT2D eigenvalue weighted by Crippen LogP contribution is -2.54. The quantitative estimate of drug-likeness (QED) is 0.853. The fourth-order valence-corrected chi connectivity index (χ4v) is 3.92. The Balaban J connectivity index is 1.71. The summed E-state index contributed by atoms with van der Waals surface area (Å²) < 4.78 is 16.9. The van der Waals surface area contributed by atoms with Crippen LogP contribution >= 0.6 is 0 Å². The number of morpholine rings is 1. The van der Waals surface area contributed by atoms with Gasteiger partial charge in [0.15, 0.2) is 0 Å². The summed E-state index contributed by atoms with van der Waals surface area (Å²) in [6.07, 6.45) is 3.61. The average molecular weight is 294 g/mol. The number of rotatable bonds is 4. The van der Waals surface area contributed by atoms with Gasteiger partial charge in [0.2, 0.25) is 0 Å². The molecule has 2 heterocycles. The van der Waals surface area contributed by atoms with E-state index in [4.69, 9.17) is 14.0 Å². The molecule has 1 aliphatic heterocycles. The number of aryl methyl sites for hydroxylation is 2. The number of hydrogen-bond donors (Lipinski definition) is 0. The molecule has 1 saturated heterocycles. The highest BCUT2D eigenvalue weighted by molar-refractivity contribution is 5.20. The zero-order valence-corrected chi connectivity index (χ0v) is 13.4. The van der Waals surface area contributed by atoms with E-state index >= 15 is 0 Å². The normalized spacial score (nSPS) is 30.3. The third kappa shape index (κ3) is 2.87. The molecule has 0 N–H and O–H groups in total. The Bertz CT molecular complexity index is 468. The molecule has 1 aliphatic carbocycles. The second-order valence-electron chi connectivity index (χ2n) is 6.47. The summed E-state index contributed by atoms with van der Waals surface area (Å²) in [6.45, 7) is 8.51. The Labute approximate surface area is 126 Å². The van der Waals surface area contributed by atoms with Crippen molar-refractivity contribution >= 4 is 0 Å². The molecular formula is C16H26N2O3. The van der Waals surface area contributed by atoms with Crippen molar-refractivity contribution in [3.05, 3.63) is 17.0 Å². The fourth-order valence-electron chi connectivity index (χ4n) is 3.92. The van der Waals surface area contributed by atoms with Crippen molar-refractivity contribution in [1.82, 2.24) is 10.1 Å². The first-order valence-electron chi connectivity index (χ1n) is 7.91. The van der Waals surface area contributed by atoms with Gasteiger partial charge in [-0.3, -0.25) is 4.90 Å². The summed E-state index contributed by atoms with van der Waals surface area (Å²) in [5.74, 6) is 1.46. The molecule has 3 rings (SSSR count). The van der Waals surface area contributed by atoms with Gasteiger partial charge < -0.3 is 14.0 Å². The second kappa shape index (κ2) is 6.07. The van der Waals surface area contributed by atoms with Crippen LogP contribution in [-0.2, 0) is 16.0 Å². The van der Waals surface area contributed by atoms with Crippen LogP contribution in [0, 0.1) is 19.8 Å². The van der Waals surface area contributed by atoms with Crippen LogP contribution in [0.5, 0.6) is 0 Å². The first kappa shape index (κ1) is 15.0. The molecule has 21 heavy (non-hydrogen) atoms. The summed E-state index contributed by atoms with van der Waals surface area (Å²) in [5, 5.41) is 4.06. The molecule has 118 valence electrons. The van der Waals surface area contributed by atoms with Crippen LogP contribution in [0.1, 0.15) is 36.3 Å². The van der Waals surface area contributed by atoms with Gasteiger partial charge >= 0.3 is 0 Å². The minimum Gasteiger partial charge on any atom is -0.384 e. The van der Waals surface area contributed by atoms with E-state index in [0.717, 1.165) is 50.7 Å². The van der Waals surface area contributed by atoms with E-state index in [2.05, 4.69) is 10.1 Å². The van der Waals surface area contributed by atoms with Crippen molar-refractivity contribution in [3.63, 3.8) is 0 Å². The van der Waals surface area contributed by atoms with E-state index in [1.165, 1.54) is 18.4 Å². The van der Waals surface area contributed by atoms with Crippen molar-refractivity contribution in [2.45, 2.75) is 45.3 Å². The molecular weight excluding hydrogens is 268 g/mol. The van der Waals surface area contributed by atoms with Crippen LogP contribution in [0.3, 0.4) is 0 Å². The predicted molar refractivity (Wildman–Crippen MR) is 79.2 cm³/mol. The standard InChI is InChI=1S/C16H26N2O3/c1-12-15(13(2)21-17-12)9-18-7-8-20-16(11-18)6-4-5-14(16)10-19-3/h14H,4-11H2,1-3H3/t14-,16-/m0/s1. The SMILES string of the molecule is COC[C@@H]1CCC[C@]12CN(Cc1c(C)noc1C)CCO2. The zero-order chi connectivity index (χ0) is 14.9. The third-order valence-electron chi connectivity index (χ3n) is 5.12. The minimum absolute atomic E-state index is 0.00671. The number of methoxy groups -OCH3 is 1. The first-order valence-corrected chi connectivity index (χ1v) is 7.91. The van der Waals surface area contributed by atoms with Gasteiger partial charge in [0, 0.05) is 38.2 Å². The minimum atomic E-state index is -0.00671. The molecule has 0 bridgehead atoms. The molecule has 1 aromatic heterocycles. The summed E-state index contributed by atoms with van der Waals surface area (Å²) in [7, 11) is 1.79. The molecule has 0 unspecified atom stereocenters. The van der Waals surface area contributed by atoms with Crippen molar-refractivity contribution in [1.29, 1.82) is 0 Å². The molecule has 2 aliphatic rings. The zero-order valence-electron chi connectivity index (χ0n) is 13.4. The lowest BCUT2D eigenvalue weighted by Gasteiger charge is -2.44. The van der Waals surface area contributed by atoms with Gasteiger partial charge in [0.1, 0.15) is 5.76 Å². The molecule has 1 saturated carbocycles. The van der Waals surface area contributed by atoms with Gasteiger partial charge in [-0.15, -0.1) is 0 Å². The highest BCUT2D eigenvalue weighted by atomic mass is 16.5. The predicted octanol–water partition coefficient (Wildman–Crippen LogP) is 2.31.